The lowest BCUT2D eigenvalue weighted by Crippen LogP contribution is -1.99. The molecule has 3 aromatic rings. The van der Waals surface area contributed by atoms with Crippen molar-refractivity contribution in [1.82, 2.24) is 19.7 Å². The van der Waals surface area contributed by atoms with Gasteiger partial charge in [0, 0.05) is 17.7 Å². The van der Waals surface area contributed by atoms with Gasteiger partial charge in [-0.2, -0.15) is 5.10 Å². The van der Waals surface area contributed by atoms with Crippen LogP contribution in [0.5, 0.6) is 0 Å². The molecule has 20 heavy (non-hydrogen) atoms. The summed E-state index contributed by atoms with van der Waals surface area (Å²) in [5, 5.41) is 4.53. The van der Waals surface area contributed by atoms with Gasteiger partial charge >= 0.3 is 0 Å². The SMILES string of the molecule is CCc1ncc(-c2cccc(-n3nc(C)cc3C)c2)[nH]1. The maximum atomic E-state index is 4.53. The molecule has 2 heterocycles. The van der Waals surface area contributed by atoms with Gasteiger partial charge in [0.25, 0.3) is 0 Å². The highest BCUT2D eigenvalue weighted by Crippen LogP contribution is 2.21. The average Bonchev–Trinajstić information content (AvgIpc) is 3.05. The number of benzene rings is 1. The molecule has 0 aliphatic heterocycles. The summed E-state index contributed by atoms with van der Waals surface area (Å²) in [5.74, 6) is 1.01. The first kappa shape index (κ1) is 12.7. The van der Waals surface area contributed by atoms with Crippen molar-refractivity contribution < 1.29 is 0 Å². The van der Waals surface area contributed by atoms with Crippen LogP contribution in [-0.4, -0.2) is 19.7 Å². The maximum Gasteiger partial charge on any atom is 0.106 e. The van der Waals surface area contributed by atoms with E-state index in [9.17, 15) is 0 Å². The Kier molecular flexibility index (Phi) is 3.14. The zero-order chi connectivity index (χ0) is 14.1. The number of imidazole rings is 1. The molecule has 3 rings (SSSR count). The number of rotatable bonds is 3. The van der Waals surface area contributed by atoms with Crippen LogP contribution in [0.15, 0.2) is 36.5 Å². The van der Waals surface area contributed by atoms with Gasteiger partial charge in [0.05, 0.1) is 23.3 Å². The molecule has 2 aromatic heterocycles. The van der Waals surface area contributed by atoms with Crippen LogP contribution in [-0.2, 0) is 6.42 Å². The highest BCUT2D eigenvalue weighted by Gasteiger charge is 2.07. The molecule has 0 amide bonds. The van der Waals surface area contributed by atoms with E-state index in [0.717, 1.165) is 40.6 Å². The molecule has 0 atom stereocenters. The fourth-order valence-corrected chi connectivity index (χ4v) is 2.38. The summed E-state index contributed by atoms with van der Waals surface area (Å²) in [4.78, 5) is 7.69. The predicted molar refractivity (Wildman–Crippen MR) is 80.0 cm³/mol. The van der Waals surface area contributed by atoms with Crippen molar-refractivity contribution in [3.05, 3.63) is 53.7 Å². The predicted octanol–water partition coefficient (Wildman–Crippen LogP) is 3.44. The molecule has 4 heteroatoms. The lowest BCUT2D eigenvalue weighted by Gasteiger charge is -2.06. The molecular formula is C16H18N4. The maximum absolute atomic E-state index is 4.53. The van der Waals surface area contributed by atoms with E-state index in [1.807, 2.05) is 23.9 Å². The second-order valence-electron chi connectivity index (χ2n) is 4.99. The summed E-state index contributed by atoms with van der Waals surface area (Å²) in [5.41, 5.74) is 5.41. The quantitative estimate of drug-likeness (QED) is 0.789. The molecule has 0 bridgehead atoms. The zero-order valence-corrected chi connectivity index (χ0v) is 12.0. The Hall–Kier alpha value is -2.36. The molecule has 0 saturated heterocycles. The van der Waals surface area contributed by atoms with E-state index in [1.54, 1.807) is 0 Å². The van der Waals surface area contributed by atoms with Crippen LogP contribution >= 0.6 is 0 Å². The van der Waals surface area contributed by atoms with E-state index in [2.05, 4.69) is 53.2 Å². The van der Waals surface area contributed by atoms with Gasteiger partial charge < -0.3 is 4.98 Å². The summed E-state index contributed by atoms with van der Waals surface area (Å²) in [7, 11) is 0. The van der Waals surface area contributed by atoms with Crippen LogP contribution in [0.2, 0.25) is 0 Å². The largest absolute Gasteiger partial charge is 0.342 e. The molecule has 4 nitrogen and oxygen atoms in total. The van der Waals surface area contributed by atoms with E-state index in [1.165, 1.54) is 0 Å². The smallest absolute Gasteiger partial charge is 0.106 e. The number of aromatic amines is 1. The standard InChI is InChI=1S/C16H18N4/c1-4-16-17-10-15(18-16)13-6-5-7-14(9-13)20-12(3)8-11(2)19-20/h5-10H,4H2,1-3H3,(H,17,18). The van der Waals surface area contributed by atoms with Crippen LogP contribution in [0.25, 0.3) is 16.9 Å². The van der Waals surface area contributed by atoms with E-state index >= 15 is 0 Å². The molecule has 0 radical (unpaired) electrons. The normalized spacial score (nSPS) is 10.9. The Morgan fingerprint density at radius 1 is 1.20 bits per heavy atom. The van der Waals surface area contributed by atoms with Gasteiger partial charge in [-0.3, -0.25) is 0 Å². The Morgan fingerprint density at radius 3 is 2.70 bits per heavy atom. The number of hydrogen-bond acceptors (Lipinski definition) is 2. The molecule has 0 aliphatic carbocycles. The van der Waals surface area contributed by atoms with Crippen molar-refractivity contribution in [1.29, 1.82) is 0 Å². The number of aromatic nitrogens is 4. The first-order chi connectivity index (χ1) is 9.67. The third-order valence-corrected chi connectivity index (χ3v) is 3.37. The van der Waals surface area contributed by atoms with Gasteiger partial charge in [0.2, 0.25) is 0 Å². The Morgan fingerprint density at radius 2 is 2.05 bits per heavy atom. The third-order valence-electron chi connectivity index (χ3n) is 3.37. The number of aryl methyl sites for hydroxylation is 3. The number of nitrogens with one attached hydrogen (secondary N) is 1. The molecule has 0 saturated carbocycles. The summed E-state index contributed by atoms with van der Waals surface area (Å²) in [6.45, 7) is 6.17. The van der Waals surface area contributed by atoms with E-state index < -0.39 is 0 Å². The minimum absolute atomic E-state index is 0.914. The molecule has 0 spiro atoms. The van der Waals surface area contributed by atoms with E-state index in [0.29, 0.717) is 0 Å². The Labute approximate surface area is 118 Å². The summed E-state index contributed by atoms with van der Waals surface area (Å²) in [6, 6.07) is 10.4. The summed E-state index contributed by atoms with van der Waals surface area (Å²) >= 11 is 0. The van der Waals surface area contributed by atoms with Crippen molar-refractivity contribution in [2.75, 3.05) is 0 Å². The van der Waals surface area contributed by atoms with Crippen LogP contribution in [0.1, 0.15) is 24.1 Å². The fourth-order valence-electron chi connectivity index (χ4n) is 2.38. The first-order valence-corrected chi connectivity index (χ1v) is 6.85. The number of H-pyrrole nitrogens is 1. The summed E-state index contributed by atoms with van der Waals surface area (Å²) < 4.78 is 1.97. The Bertz CT molecular complexity index is 737. The molecule has 0 fully saturated rings. The second kappa shape index (κ2) is 4.96. The fraction of sp³-hybridized carbons (Fsp3) is 0.250. The lowest BCUT2D eigenvalue weighted by molar-refractivity contribution is 0.834. The van der Waals surface area contributed by atoms with E-state index in [4.69, 9.17) is 0 Å². The minimum atomic E-state index is 0.914. The third kappa shape index (κ3) is 2.25. The highest BCUT2D eigenvalue weighted by atomic mass is 15.3. The molecule has 1 aromatic carbocycles. The van der Waals surface area contributed by atoms with Gasteiger partial charge in [-0.15, -0.1) is 0 Å². The first-order valence-electron chi connectivity index (χ1n) is 6.85. The van der Waals surface area contributed by atoms with Crippen molar-refractivity contribution in [2.45, 2.75) is 27.2 Å². The number of nitrogens with zero attached hydrogens (tertiary/aromatic N) is 3. The van der Waals surface area contributed by atoms with Crippen LogP contribution in [0.3, 0.4) is 0 Å². The topological polar surface area (TPSA) is 46.5 Å². The van der Waals surface area contributed by atoms with Crippen molar-refractivity contribution in [3.8, 4) is 16.9 Å². The van der Waals surface area contributed by atoms with Crippen molar-refractivity contribution in [2.24, 2.45) is 0 Å². The number of hydrogen-bond donors (Lipinski definition) is 1. The van der Waals surface area contributed by atoms with Crippen LogP contribution in [0, 0.1) is 13.8 Å². The molecule has 102 valence electrons. The molecule has 0 aliphatic rings. The van der Waals surface area contributed by atoms with Gasteiger partial charge in [-0.05, 0) is 32.0 Å². The second-order valence-corrected chi connectivity index (χ2v) is 4.99. The molecule has 1 N–H and O–H groups in total. The average molecular weight is 266 g/mol. The van der Waals surface area contributed by atoms with Crippen molar-refractivity contribution in [3.63, 3.8) is 0 Å². The lowest BCUT2D eigenvalue weighted by atomic mass is 10.1. The van der Waals surface area contributed by atoms with Gasteiger partial charge in [0.15, 0.2) is 0 Å². The van der Waals surface area contributed by atoms with Crippen LogP contribution in [0.4, 0.5) is 0 Å². The Balaban J connectivity index is 2.03. The van der Waals surface area contributed by atoms with E-state index in [-0.39, 0.29) is 0 Å². The molecule has 0 unspecified atom stereocenters. The van der Waals surface area contributed by atoms with Gasteiger partial charge in [-0.25, -0.2) is 9.67 Å². The zero-order valence-electron chi connectivity index (χ0n) is 12.0. The molecular weight excluding hydrogens is 248 g/mol. The minimum Gasteiger partial charge on any atom is -0.342 e. The van der Waals surface area contributed by atoms with Crippen molar-refractivity contribution >= 4 is 0 Å². The van der Waals surface area contributed by atoms with Gasteiger partial charge in [0.1, 0.15) is 5.82 Å². The van der Waals surface area contributed by atoms with Gasteiger partial charge in [-0.1, -0.05) is 19.1 Å². The monoisotopic (exact) mass is 266 g/mol. The van der Waals surface area contributed by atoms with Crippen LogP contribution < -0.4 is 0 Å². The summed E-state index contributed by atoms with van der Waals surface area (Å²) in [6.07, 6.45) is 2.80. The highest BCUT2D eigenvalue weighted by molar-refractivity contribution is 5.62.